The van der Waals surface area contributed by atoms with Crippen LogP contribution in [0.4, 0.5) is 8.78 Å². The van der Waals surface area contributed by atoms with Gasteiger partial charge in [-0.1, -0.05) is 19.9 Å². The van der Waals surface area contributed by atoms with Crippen LogP contribution >= 0.6 is 0 Å². The number of rotatable bonds is 5. The van der Waals surface area contributed by atoms with E-state index in [0.717, 1.165) is 5.56 Å². The molecule has 0 saturated heterocycles. The summed E-state index contributed by atoms with van der Waals surface area (Å²) in [6, 6.07) is 10.6. The minimum absolute atomic E-state index is 0.130. The van der Waals surface area contributed by atoms with Crippen molar-refractivity contribution in [2.75, 3.05) is 0 Å². The van der Waals surface area contributed by atoms with Crippen LogP contribution in [-0.2, 0) is 6.54 Å². The first-order valence-corrected chi connectivity index (χ1v) is 6.50. The van der Waals surface area contributed by atoms with Crippen LogP contribution in [-0.4, -0.2) is 6.04 Å². The number of benzene rings is 2. The SMILES string of the molecule is CC(C)NCc1ccc(Oc2ccc(F)cc2)c(F)c1. The van der Waals surface area contributed by atoms with Crippen molar-refractivity contribution in [3.05, 3.63) is 59.7 Å². The third-order valence-electron chi connectivity index (χ3n) is 2.75. The highest BCUT2D eigenvalue weighted by molar-refractivity contribution is 5.34. The van der Waals surface area contributed by atoms with Crippen LogP contribution < -0.4 is 10.1 Å². The fourth-order valence-corrected chi connectivity index (χ4v) is 1.69. The molecule has 2 rings (SSSR count). The fourth-order valence-electron chi connectivity index (χ4n) is 1.69. The Labute approximate surface area is 117 Å². The first-order valence-electron chi connectivity index (χ1n) is 6.50. The molecule has 0 aromatic heterocycles. The van der Waals surface area contributed by atoms with E-state index in [0.29, 0.717) is 18.3 Å². The fraction of sp³-hybridized carbons (Fsp3) is 0.250. The van der Waals surface area contributed by atoms with E-state index in [1.807, 2.05) is 13.8 Å². The van der Waals surface area contributed by atoms with Crippen molar-refractivity contribution in [1.82, 2.24) is 5.32 Å². The second-order valence-corrected chi connectivity index (χ2v) is 4.86. The second-order valence-electron chi connectivity index (χ2n) is 4.86. The lowest BCUT2D eigenvalue weighted by molar-refractivity contribution is 0.440. The molecule has 0 amide bonds. The summed E-state index contributed by atoms with van der Waals surface area (Å²) in [4.78, 5) is 0. The van der Waals surface area contributed by atoms with Crippen LogP contribution in [0.2, 0.25) is 0 Å². The van der Waals surface area contributed by atoms with E-state index in [1.165, 1.54) is 30.3 Å². The number of hydrogen-bond donors (Lipinski definition) is 1. The van der Waals surface area contributed by atoms with Crippen molar-refractivity contribution in [2.45, 2.75) is 26.4 Å². The summed E-state index contributed by atoms with van der Waals surface area (Å²) < 4.78 is 32.1. The standard InChI is InChI=1S/C16H17F2NO/c1-11(2)19-10-12-3-8-16(15(18)9-12)20-14-6-4-13(17)5-7-14/h3-9,11,19H,10H2,1-2H3. The summed E-state index contributed by atoms with van der Waals surface area (Å²) in [7, 11) is 0. The van der Waals surface area contributed by atoms with E-state index in [4.69, 9.17) is 4.74 Å². The van der Waals surface area contributed by atoms with Crippen molar-refractivity contribution in [3.63, 3.8) is 0 Å². The van der Waals surface area contributed by atoms with E-state index in [9.17, 15) is 8.78 Å². The molecule has 1 N–H and O–H groups in total. The molecule has 0 saturated carbocycles. The lowest BCUT2D eigenvalue weighted by atomic mass is 10.2. The lowest BCUT2D eigenvalue weighted by Crippen LogP contribution is -2.21. The second kappa shape index (κ2) is 6.48. The predicted molar refractivity (Wildman–Crippen MR) is 74.8 cm³/mol. The maximum Gasteiger partial charge on any atom is 0.166 e. The molecule has 0 atom stereocenters. The molecule has 2 aromatic rings. The van der Waals surface area contributed by atoms with Gasteiger partial charge in [0.2, 0.25) is 0 Å². The molecule has 106 valence electrons. The molecule has 0 aliphatic carbocycles. The Balaban J connectivity index is 2.07. The van der Waals surface area contributed by atoms with Crippen molar-refractivity contribution in [2.24, 2.45) is 0 Å². The topological polar surface area (TPSA) is 21.3 Å². The van der Waals surface area contributed by atoms with Gasteiger partial charge in [-0.3, -0.25) is 0 Å². The summed E-state index contributed by atoms with van der Waals surface area (Å²) in [6.45, 7) is 4.66. The monoisotopic (exact) mass is 277 g/mol. The summed E-state index contributed by atoms with van der Waals surface area (Å²) in [6.07, 6.45) is 0. The third-order valence-corrected chi connectivity index (χ3v) is 2.75. The largest absolute Gasteiger partial charge is 0.454 e. The molecule has 4 heteroatoms. The summed E-state index contributed by atoms with van der Waals surface area (Å²) >= 11 is 0. The van der Waals surface area contributed by atoms with Gasteiger partial charge in [0.25, 0.3) is 0 Å². The van der Waals surface area contributed by atoms with Crippen LogP contribution in [0.1, 0.15) is 19.4 Å². The number of halogens is 2. The zero-order valence-corrected chi connectivity index (χ0v) is 11.5. The normalized spacial score (nSPS) is 10.8. The lowest BCUT2D eigenvalue weighted by Gasteiger charge is -2.10. The quantitative estimate of drug-likeness (QED) is 0.882. The Morgan fingerprint density at radius 3 is 2.35 bits per heavy atom. The highest BCUT2D eigenvalue weighted by Crippen LogP contribution is 2.25. The van der Waals surface area contributed by atoms with Crippen LogP contribution in [0.15, 0.2) is 42.5 Å². The van der Waals surface area contributed by atoms with Gasteiger partial charge in [-0.15, -0.1) is 0 Å². The highest BCUT2D eigenvalue weighted by Gasteiger charge is 2.06. The number of nitrogens with one attached hydrogen (secondary N) is 1. The first-order chi connectivity index (χ1) is 9.54. The van der Waals surface area contributed by atoms with Gasteiger partial charge >= 0.3 is 0 Å². The van der Waals surface area contributed by atoms with Gasteiger partial charge in [0.05, 0.1) is 0 Å². The maximum absolute atomic E-state index is 13.9. The minimum atomic E-state index is -0.433. The van der Waals surface area contributed by atoms with E-state index >= 15 is 0 Å². The average Bonchev–Trinajstić information content (AvgIpc) is 2.41. The smallest absolute Gasteiger partial charge is 0.166 e. The van der Waals surface area contributed by atoms with E-state index in [-0.39, 0.29) is 11.6 Å². The predicted octanol–water partition coefficient (Wildman–Crippen LogP) is 4.26. The number of ether oxygens (including phenoxy) is 1. The van der Waals surface area contributed by atoms with Gasteiger partial charge in [-0.05, 0) is 42.0 Å². The molecule has 2 nitrogen and oxygen atoms in total. The molecule has 0 fully saturated rings. The molecule has 0 aliphatic rings. The molecule has 2 aromatic carbocycles. The molecular formula is C16H17F2NO. The van der Waals surface area contributed by atoms with Crippen LogP contribution in [0.5, 0.6) is 11.5 Å². The molecule has 0 heterocycles. The molecule has 0 spiro atoms. The van der Waals surface area contributed by atoms with Crippen LogP contribution in [0, 0.1) is 11.6 Å². The maximum atomic E-state index is 13.9. The molecule has 0 unspecified atom stereocenters. The highest BCUT2D eigenvalue weighted by atomic mass is 19.1. The third kappa shape index (κ3) is 4.03. The zero-order chi connectivity index (χ0) is 14.5. The van der Waals surface area contributed by atoms with Gasteiger partial charge in [-0.2, -0.15) is 0 Å². The Morgan fingerprint density at radius 2 is 1.75 bits per heavy atom. The molecular weight excluding hydrogens is 260 g/mol. The Hall–Kier alpha value is -1.94. The Morgan fingerprint density at radius 1 is 1.05 bits per heavy atom. The van der Waals surface area contributed by atoms with E-state index < -0.39 is 5.82 Å². The van der Waals surface area contributed by atoms with Gasteiger partial charge < -0.3 is 10.1 Å². The molecule has 0 radical (unpaired) electrons. The molecule has 0 bridgehead atoms. The summed E-state index contributed by atoms with van der Waals surface area (Å²) in [5.74, 6) is -0.256. The van der Waals surface area contributed by atoms with Crippen molar-refractivity contribution < 1.29 is 13.5 Å². The Bertz CT molecular complexity index is 567. The first kappa shape index (κ1) is 14.5. The molecule has 0 aliphatic heterocycles. The minimum Gasteiger partial charge on any atom is -0.454 e. The van der Waals surface area contributed by atoms with Gasteiger partial charge in [-0.25, -0.2) is 8.78 Å². The van der Waals surface area contributed by atoms with Gasteiger partial charge in [0.15, 0.2) is 11.6 Å². The van der Waals surface area contributed by atoms with E-state index in [1.54, 1.807) is 12.1 Å². The zero-order valence-electron chi connectivity index (χ0n) is 11.5. The van der Waals surface area contributed by atoms with Gasteiger partial charge in [0.1, 0.15) is 11.6 Å². The van der Waals surface area contributed by atoms with Crippen molar-refractivity contribution in [3.8, 4) is 11.5 Å². The van der Waals surface area contributed by atoms with Crippen molar-refractivity contribution >= 4 is 0 Å². The van der Waals surface area contributed by atoms with Crippen LogP contribution in [0.3, 0.4) is 0 Å². The average molecular weight is 277 g/mol. The van der Waals surface area contributed by atoms with E-state index in [2.05, 4.69) is 5.32 Å². The Kier molecular flexibility index (Phi) is 4.69. The van der Waals surface area contributed by atoms with Crippen molar-refractivity contribution in [1.29, 1.82) is 0 Å². The van der Waals surface area contributed by atoms with Gasteiger partial charge in [0, 0.05) is 12.6 Å². The molecule has 20 heavy (non-hydrogen) atoms. The summed E-state index contributed by atoms with van der Waals surface area (Å²) in [5, 5.41) is 3.22. The number of hydrogen-bond acceptors (Lipinski definition) is 2. The summed E-state index contributed by atoms with van der Waals surface area (Å²) in [5.41, 5.74) is 0.850. The van der Waals surface area contributed by atoms with Crippen LogP contribution in [0.25, 0.3) is 0 Å².